The molecule has 1 aliphatic rings. The highest BCUT2D eigenvalue weighted by molar-refractivity contribution is 5.89. The molecule has 0 fully saturated rings. The Morgan fingerprint density at radius 1 is 1.27 bits per heavy atom. The van der Waals surface area contributed by atoms with Crippen LogP contribution in [0.2, 0.25) is 0 Å². The predicted octanol–water partition coefficient (Wildman–Crippen LogP) is 2.39. The molecular formula is C17H19N3O2. The maximum Gasteiger partial charge on any atom is 0.337 e. The molecule has 0 radical (unpaired) electrons. The minimum absolute atomic E-state index is 0.270. The van der Waals surface area contributed by atoms with Crippen LogP contribution in [0, 0.1) is 0 Å². The van der Waals surface area contributed by atoms with Crippen LogP contribution >= 0.6 is 0 Å². The van der Waals surface area contributed by atoms with E-state index in [0.29, 0.717) is 18.7 Å². The summed E-state index contributed by atoms with van der Waals surface area (Å²) in [4.78, 5) is 14.1. The molecule has 0 spiro atoms. The van der Waals surface area contributed by atoms with Crippen molar-refractivity contribution in [1.82, 2.24) is 9.78 Å². The number of hydrogen-bond acceptors (Lipinski definition) is 4. The zero-order chi connectivity index (χ0) is 15.4. The molecule has 5 nitrogen and oxygen atoms in total. The molecule has 0 saturated heterocycles. The monoisotopic (exact) mass is 297 g/mol. The number of rotatable bonds is 5. The first-order valence-corrected chi connectivity index (χ1v) is 7.48. The highest BCUT2D eigenvalue weighted by atomic mass is 16.5. The number of ether oxygens (including phenoxy) is 1. The second kappa shape index (κ2) is 6.47. The number of esters is 1. The fourth-order valence-corrected chi connectivity index (χ4v) is 2.56. The van der Waals surface area contributed by atoms with Crippen LogP contribution in [0.1, 0.15) is 12.5 Å². The average Bonchev–Trinajstić information content (AvgIpc) is 3.02. The fraction of sp³-hybridized carbons (Fsp3) is 0.294. The van der Waals surface area contributed by atoms with Crippen molar-refractivity contribution in [2.45, 2.75) is 19.9 Å². The van der Waals surface area contributed by atoms with Gasteiger partial charge in [-0.2, -0.15) is 5.10 Å². The van der Waals surface area contributed by atoms with Gasteiger partial charge in [0.15, 0.2) is 0 Å². The lowest BCUT2D eigenvalue weighted by Crippen LogP contribution is -2.30. The molecule has 1 aromatic heterocycles. The zero-order valence-electron chi connectivity index (χ0n) is 12.6. The van der Waals surface area contributed by atoms with Gasteiger partial charge in [-0.1, -0.05) is 30.3 Å². The van der Waals surface area contributed by atoms with Crippen molar-refractivity contribution in [2.75, 3.05) is 18.1 Å². The van der Waals surface area contributed by atoms with E-state index in [0.717, 1.165) is 18.8 Å². The van der Waals surface area contributed by atoms with E-state index in [4.69, 9.17) is 4.74 Å². The number of benzene rings is 1. The molecule has 1 aliphatic heterocycles. The van der Waals surface area contributed by atoms with Gasteiger partial charge in [0.25, 0.3) is 0 Å². The number of fused-ring (bicyclic) bond motifs is 1. The van der Waals surface area contributed by atoms with Crippen molar-refractivity contribution in [3.8, 4) is 0 Å². The molecule has 0 amide bonds. The molecule has 0 atom stereocenters. The number of anilines is 1. The van der Waals surface area contributed by atoms with Gasteiger partial charge >= 0.3 is 5.97 Å². The first-order valence-electron chi connectivity index (χ1n) is 7.48. The minimum Gasteiger partial charge on any atom is -0.463 e. The van der Waals surface area contributed by atoms with E-state index in [-0.39, 0.29) is 5.97 Å². The lowest BCUT2D eigenvalue weighted by atomic mass is 10.1. The Hall–Kier alpha value is -2.56. The smallest absolute Gasteiger partial charge is 0.337 e. The van der Waals surface area contributed by atoms with Crippen LogP contribution < -0.4 is 4.90 Å². The molecule has 5 heteroatoms. The Morgan fingerprint density at radius 2 is 2.09 bits per heavy atom. The van der Waals surface area contributed by atoms with Gasteiger partial charge in [-0.05, 0) is 18.9 Å². The molecule has 0 aliphatic carbocycles. The van der Waals surface area contributed by atoms with Crippen molar-refractivity contribution in [3.05, 3.63) is 59.9 Å². The normalized spacial score (nSPS) is 13.5. The minimum atomic E-state index is -0.270. The van der Waals surface area contributed by atoms with E-state index >= 15 is 0 Å². The summed E-state index contributed by atoms with van der Waals surface area (Å²) in [6.45, 7) is 3.45. The summed E-state index contributed by atoms with van der Waals surface area (Å²) >= 11 is 0. The Balaban J connectivity index is 1.77. The van der Waals surface area contributed by atoms with E-state index in [9.17, 15) is 4.79 Å². The van der Waals surface area contributed by atoms with Crippen molar-refractivity contribution < 1.29 is 9.53 Å². The molecule has 3 rings (SSSR count). The van der Waals surface area contributed by atoms with Crippen LogP contribution in [0.25, 0.3) is 0 Å². The van der Waals surface area contributed by atoms with Crippen LogP contribution in [-0.2, 0) is 22.5 Å². The molecule has 2 heterocycles. The summed E-state index contributed by atoms with van der Waals surface area (Å²) in [5, 5.41) is 4.28. The zero-order valence-corrected chi connectivity index (χ0v) is 12.6. The molecule has 0 unspecified atom stereocenters. The fourth-order valence-electron chi connectivity index (χ4n) is 2.56. The van der Waals surface area contributed by atoms with Crippen molar-refractivity contribution in [3.63, 3.8) is 0 Å². The van der Waals surface area contributed by atoms with Gasteiger partial charge in [0.2, 0.25) is 0 Å². The Bertz CT molecular complexity index is 676. The molecular weight excluding hydrogens is 278 g/mol. The Kier molecular flexibility index (Phi) is 4.23. The van der Waals surface area contributed by atoms with E-state index in [2.05, 4.69) is 22.1 Å². The van der Waals surface area contributed by atoms with Gasteiger partial charge in [0.05, 0.1) is 24.9 Å². The quantitative estimate of drug-likeness (QED) is 0.795. The molecule has 2 aromatic rings. The summed E-state index contributed by atoms with van der Waals surface area (Å²) in [6, 6.07) is 12.3. The lowest BCUT2D eigenvalue weighted by molar-refractivity contribution is -0.138. The van der Waals surface area contributed by atoms with Crippen LogP contribution in [0.4, 0.5) is 5.82 Å². The highest BCUT2D eigenvalue weighted by Crippen LogP contribution is 2.23. The third-order valence-corrected chi connectivity index (χ3v) is 3.64. The second-order valence-corrected chi connectivity index (χ2v) is 5.15. The van der Waals surface area contributed by atoms with Crippen LogP contribution in [-0.4, -0.2) is 28.9 Å². The van der Waals surface area contributed by atoms with Crippen LogP contribution in [0.3, 0.4) is 0 Å². The number of carbonyl (C=O) groups excluding carboxylic acids is 1. The van der Waals surface area contributed by atoms with Crippen LogP contribution in [0.15, 0.2) is 54.4 Å². The Labute approximate surface area is 129 Å². The number of aromatic nitrogens is 2. The summed E-state index contributed by atoms with van der Waals surface area (Å²) in [5.41, 5.74) is 1.90. The molecule has 114 valence electrons. The van der Waals surface area contributed by atoms with E-state index in [1.54, 1.807) is 6.20 Å². The summed E-state index contributed by atoms with van der Waals surface area (Å²) in [6.07, 6.45) is 4.54. The van der Waals surface area contributed by atoms with Gasteiger partial charge in [0.1, 0.15) is 5.82 Å². The van der Waals surface area contributed by atoms with Crippen molar-refractivity contribution in [1.29, 1.82) is 0 Å². The lowest BCUT2D eigenvalue weighted by Gasteiger charge is -2.27. The largest absolute Gasteiger partial charge is 0.463 e. The average molecular weight is 297 g/mol. The Morgan fingerprint density at radius 3 is 2.86 bits per heavy atom. The first-order chi connectivity index (χ1) is 10.8. The third kappa shape index (κ3) is 3.03. The molecule has 0 N–H and O–H groups in total. The van der Waals surface area contributed by atoms with Gasteiger partial charge in [-0.15, -0.1) is 0 Å². The number of hydrogen-bond donors (Lipinski definition) is 0. The summed E-state index contributed by atoms with van der Waals surface area (Å²) in [7, 11) is 0. The van der Waals surface area contributed by atoms with E-state index in [1.807, 2.05) is 42.1 Å². The highest BCUT2D eigenvalue weighted by Gasteiger charge is 2.22. The van der Waals surface area contributed by atoms with Gasteiger partial charge in [-0.3, -0.25) is 0 Å². The van der Waals surface area contributed by atoms with Gasteiger partial charge < -0.3 is 9.64 Å². The first kappa shape index (κ1) is 14.4. The summed E-state index contributed by atoms with van der Waals surface area (Å²) in [5.74, 6) is 0.734. The molecule has 0 bridgehead atoms. The van der Waals surface area contributed by atoms with E-state index in [1.165, 1.54) is 5.56 Å². The van der Waals surface area contributed by atoms with Crippen molar-refractivity contribution in [2.24, 2.45) is 0 Å². The maximum atomic E-state index is 12.0. The topological polar surface area (TPSA) is 47.4 Å². The number of nitrogens with zero attached hydrogens (tertiary/aromatic N) is 3. The van der Waals surface area contributed by atoms with E-state index < -0.39 is 0 Å². The maximum absolute atomic E-state index is 12.0. The standard InChI is InChI=1S/C17H19N3O2/c1-2-22-17(21)15-12-19(16-8-10-18-20(16)13-15)11-9-14-6-4-3-5-7-14/h3-8,10,12H,2,9,11,13H2,1H3. The third-order valence-electron chi connectivity index (χ3n) is 3.64. The molecule has 0 saturated carbocycles. The molecule has 22 heavy (non-hydrogen) atoms. The summed E-state index contributed by atoms with van der Waals surface area (Å²) < 4.78 is 6.94. The van der Waals surface area contributed by atoms with Crippen LogP contribution in [0.5, 0.6) is 0 Å². The molecule has 1 aromatic carbocycles. The second-order valence-electron chi connectivity index (χ2n) is 5.15. The van der Waals surface area contributed by atoms with Crippen molar-refractivity contribution >= 4 is 11.8 Å². The van der Waals surface area contributed by atoms with Gasteiger partial charge in [0, 0.05) is 18.8 Å². The number of carbonyl (C=O) groups is 1. The SMILES string of the molecule is CCOC(=O)C1=CN(CCc2ccccc2)c2ccnn2C1. The van der Waals surface area contributed by atoms with Gasteiger partial charge in [-0.25, -0.2) is 9.48 Å². The predicted molar refractivity (Wildman–Crippen MR) is 84.4 cm³/mol.